The van der Waals surface area contributed by atoms with Crippen molar-refractivity contribution in [3.63, 3.8) is 0 Å². The highest BCUT2D eigenvalue weighted by atomic mass is 16.5. The molecule has 0 amide bonds. The molecule has 1 heterocycles. The molecule has 0 bridgehead atoms. The van der Waals surface area contributed by atoms with Gasteiger partial charge in [-0.3, -0.25) is 4.79 Å². The van der Waals surface area contributed by atoms with Crippen LogP contribution < -0.4 is 14.8 Å². The van der Waals surface area contributed by atoms with Gasteiger partial charge >= 0.3 is 0 Å². The standard InChI is InChI=1S/C34H33NO3/c1-21-9-11-22(12-10-21)20-38-29-16-14-24(17-30(29)37-4)33-32-26(18-34(2,3)19-28(32)36)31-25-8-6-5-7-23(25)13-15-27(31)35-33/h5-17,33,35H,18-20H2,1-4H3/t33-/m1/s1. The Hall–Kier alpha value is -4.05. The molecule has 192 valence electrons. The van der Waals surface area contributed by atoms with E-state index in [-0.39, 0.29) is 17.2 Å². The van der Waals surface area contributed by atoms with E-state index >= 15 is 0 Å². The van der Waals surface area contributed by atoms with Gasteiger partial charge in [-0.25, -0.2) is 0 Å². The molecule has 1 aliphatic carbocycles. The quantitative estimate of drug-likeness (QED) is 0.299. The molecule has 0 aromatic heterocycles. The molecule has 2 aliphatic rings. The van der Waals surface area contributed by atoms with Gasteiger partial charge in [0.25, 0.3) is 0 Å². The van der Waals surface area contributed by atoms with Crippen LogP contribution in [-0.4, -0.2) is 12.9 Å². The molecule has 1 aliphatic heterocycles. The van der Waals surface area contributed by atoms with Gasteiger partial charge in [-0.05, 0) is 64.4 Å². The minimum atomic E-state index is -0.248. The summed E-state index contributed by atoms with van der Waals surface area (Å²) in [6.45, 7) is 6.92. The van der Waals surface area contributed by atoms with Gasteiger partial charge in [-0.15, -0.1) is 0 Å². The van der Waals surface area contributed by atoms with Crippen LogP contribution in [0.25, 0.3) is 16.3 Å². The molecule has 0 fully saturated rings. The summed E-state index contributed by atoms with van der Waals surface area (Å²) in [5.41, 5.74) is 7.51. The Bertz CT molecular complexity index is 1580. The number of allylic oxidation sites excluding steroid dienone is 1. The number of hydrogen-bond donors (Lipinski definition) is 1. The first-order valence-corrected chi connectivity index (χ1v) is 13.2. The fourth-order valence-corrected chi connectivity index (χ4v) is 5.92. The van der Waals surface area contributed by atoms with Crippen molar-refractivity contribution in [3.8, 4) is 11.5 Å². The predicted octanol–water partition coefficient (Wildman–Crippen LogP) is 8.05. The lowest BCUT2D eigenvalue weighted by Crippen LogP contribution is -2.33. The van der Waals surface area contributed by atoms with E-state index in [9.17, 15) is 4.79 Å². The number of rotatable bonds is 5. The zero-order chi connectivity index (χ0) is 26.4. The number of ether oxygens (including phenoxy) is 2. The lowest BCUT2D eigenvalue weighted by Gasteiger charge is -2.40. The van der Waals surface area contributed by atoms with E-state index in [2.05, 4.69) is 86.8 Å². The maximum atomic E-state index is 13.7. The van der Waals surface area contributed by atoms with Crippen molar-refractivity contribution >= 4 is 27.8 Å². The van der Waals surface area contributed by atoms with Gasteiger partial charge in [0.1, 0.15) is 6.61 Å². The third kappa shape index (κ3) is 4.34. The zero-order valence-electron chi connectivity index (χ0n) is 22.4. The molecule has 0 radical (unpaired) electrons. The number of nitrogens with one attached hydrogen (secondary N) is 1. The van der Waals surface area contributed by atoms with E-state index in [1.165, 1.54) is 27.5 Å². The van der Waals surface area contributed by atoms with Crippen LogP contribution >= 0.6 is 0 Å². The van der Waals surface area contributed by atoms with Crippen molar-refractivity contribution in [3.05, 3.63) is 107 Å². The number of methoxy groups -OCH3 is 1. The number of fused-ring (bicyclic) bond motifs is 4. The molecule has 0 saturated carbocycles. The maximum Gasteiger partial charge on any atom is 0.162 e. The number of hydrogen-bond acceptors (Lipinski definition) is 4. The third-order valence-corrected chi connectivity index (χ3v) is 7.78. The molecule has 4 heteroatoms. The molecule has 0 spiro atoms. The lowest BCUT2D eigenvalue weighted by atomic mass is 9.68. The largest absolute Gasteiger partial charge is 0.493 e. The van der Waals surface area contributed by atoms with E-state index in [4.69, 9.17) is 9.47 Å². The Morgan fingerprint density at radius 1 is 0.921 bits per heavy atom. The van der Waals surface area contributed by atoms with Gasteiger partial charge in [-0.2, -0.15) is 0 Å². The number of ketones is 1. The first-order chi connectivity index (χ1) is 18.3. The predicted molar refractivity (Wildman–Crippen MR) is 154 cm³/mol. The summed E-state index contributed by atoms with van der Waals surface area (Å²) < 4.78 is 11.9. The number of carbonyl (C=O) groups is 1. The SMILES string of the molecule is COc1cc([C@H]2Nc3ccc4ccccc4c3C3=C2C(=O)CC(C)(C)C3)ccc1OCc1ccc(C)cc1. The Labute approximate surface area is 224 Å². The van der Waals surface area contributed by atoms with Crippen molar-refractivity contribution in [1.82, 2.24) is 0 Å². The van der Waals surface area contributed by atoms with Gasteiger partial charge in [-0.1, -0.05) is 80.1 Å². The monoisotopic (exact) mass is 503 g/mol. The van der Waals surface area contributed by atoms with E-state index in [0.29, 0.717) is 24.5 Å². The smallest absolute Gasteiger partial charge is 0.162 e. The van der Waals surface area contributed by atoms with Crippen molar-refractivity contribution < 1.29 is 14.3 Å². The maximum absolute atomic E-state index is 13.7. The van der Waals surface area contributed by atoms with Gasteiger partial charge < -0.3 is 14.8 Å². The normalized spacial score (nSPS) is 18.0. The molecule has 1 N–H and O–H groups in total. The number of carbonyl (C=O) groups excluding carboxylic acids is 1. The Kier molecular flexibility index (Phi) is 5.98. The van der Waals surface area contributed by atoms with Crippen LogP contribution in [-0.2, 0) is 11.4 Å². The Morgan fingerprint density at radius 3 is 2.50 bits per heavy atom. The molecule has 4 aromatic carbocycles. The molecule has 4 aromatic rings. The van der Waals surface area contributed by atoms with Crippen molar-refractivity contribution in [2.45, 2.75) is 46.3 Å². The summed E-state index contributed by atoms with van der Waals surface area (Å²) in [5.74, 6) is 1.56. The van der Waals surface area contributed by atoms with E-state index < -0.39 is 0 Å². The average molecular weight is 504 g/mol. The van der Waals surface area contributed by atoms with Gasteiger partial charge in [0.15, 0.2) is 17.3 Å². The minimum Gasteiger partial charge on any atom is -0.493 e. The molecule has 6 rings (SSSR count). The summed E-state index contributed by atoms with van der Waals surface area (Å²) in [4.78, 5) is 13.7. The first kappa shape index (κ1) is 24.3. The van der Waals surface area contributed by atoms with E-state index in [1.54, 1.807) is 7.11 Å². The summed E-state index contributed by atoms with van der Waals surface area (Å²) in [6, 6.07) is 26.8. The summed E-state index contributed by atoms with van der Waals surface area (Å²) >= 11 is 0. The first-order valence-electron chi connectivity index (χ1n) is 13.2. The lowest BCUT2D eigenvalue weighted by molar-refractivity contribution is -0.118. The van der Waals surface area contributed by atoms with Crippen molar-refractivity contribution in [1.29, 1.82) is 0 Å². The molecule has 38 heavy (non-hydrogen) atoms. The van der Waals surface area contributed by atoms with Crippen LogP contribution in [0.5, 0.6) is 11.5 Å². The second kappa shape index (κ2) is 9.36. The molecular weight excluding hydrogens is 470 g/mol. The second-order valence-corrected chi connectivity index (χ2v) is 11.3. The Morgan fingerprint density at radius 2 is 1.71 bits per heavy atom. The number of Topliss-reactive ketones (excluding diaryl/α,β-unsaturated/α-hetero) is 1. The van der Waals surface area contributed by atoms with Crippen LogP contribution in [0.3, 0.4) is 0 Å². The topological polar surface area (TPSA) is 47.6 Å². The molecule has 0 unspecified atom stereocenters. The molecule has 1 atom stereocenters. The van der Waals surface area contributed by atoms with Crippen LogP contribution in [0.15, 0.2) is 84.4 Å². The number of aryl methyl sites for hydroxylation is 1. The Balaban J connectivity index is 1.41. The highest BCUT2D eigenvalue weighted by Gasteiger charge is 2.41. The molecule has 4 nitrogen and oxygen atoms in total. The summed E-state index contributed by atoms with van der Waals surface area (Å²) in [7, 11) is 1.66. The second-order valence-electron chi connectivity index (χ2n) is 11.3. The van der Waals surface area contributed by atoms with Gasteiger partial charge in [0, 0.05) is 23.2 Å². The number of anilines is 1. The van der Waals surface area contributed by atoms with Crippen LogP contribution in [0, 0.1) is 12.3 Å². The fourth-order valence-electron chi connectivity index (χ4n) is 5.92. The van der Waals surface area contributed by atoms with Gasteiger partial charge in [0.05, 0.1) is 13.2 Å². The average Bonchev–Trinajstić information content (AvgIpc) is 2.91. The van der Waals surface area contributed by atoms with Crippen LogP contribution in [0.1, 0.15) is 55.0 Å². The zero-order valence-corrected chi connectivity index (χ0v) is 22.4. The molecular formula is C34H33NO3. The molecule has 0 saturated heterocycles. The summed E-state index contributed by atoms with van der Waals surface area (Å²) in [5, 5.41) is 6.09. The minimum absolute atomic E-state index is 0.0859. The highest BCUT2D eigenvalue weighted by Crippen LogP contribution is 2.52. The number of benzene rings is 4. The summed E-state index contributed by atoms with van der Waals surface area (Å²) in [6.07, 6.45) is 1.40. The van der Waals surface area contributed by atoms with Crippen molar-refractivity contribution in [2.75, 3.05) is 12.4 Å². The van der Waals surface area contributed by atoms with Crippen LogP contribution in [0.2, 0.25) is 0 Å². The van der Waals surface area contributed by atoms with Gasteiger partial charge in [0.2, 0.25) is 0 Å². The van der Waals surface area contributed by atoms with Crippen LogP contribution in [0.4, 0.5) is 5.69 Å². The van der Waals surface area contributed by atoms with E-state index in [1.807, 2.05) is 18.2 Å². The van der Waals surface area contributed by atoms with Crippen molar-refractivity contribution in [2.24, 2.45) is 5.41 Å². The highest BCUT2D eigenvalue weighted by molar-refractivity contribution is 6.12. The van der Waals surface area contributed by atoms with E-state index in [0.717, 1.165) is 28.8 Å². The third-order valence-electron chi connectivity index (χ3n) is 7.78. The fraction of sp³-hybridized carbons (Fsp3) is 0.265.